The summed E-state index contributed by atoms with van der Waals surface area (Å²) in [5, 5.41) is 12.6. The zero-order valence-electron chi connectivity index (χ0n) is 15.4. The van der Waals surface area contributed by atoms with Crippen molar-refractivity contribution in [3.05, 3.63) is 41.7 Å². The minimum Gasteiger partial charge on any atom is -0.481 e. The first-order chi connectivity index (χ1) is 12.6. The number of carbonyl (C=O) groups is 1. The number of carboxylic acids is 1. The molecule has 1 aromatic carbocycles. The highest BCUT2D eigenvalue weighted by molar-refractivity contribution is 5.70. The summed E-state index contributed by atoms with van der Waals surface area (Å²) in [4.78, 5) is 22.0. The van der Waals surface area contributed by atoms with Gasteiger partial charge < -0.3 is 15.3 Å². The smallest absolute Gasteiger partial charge is 0.306 e. The molecule has 138 valence electrons. The second kappa shape index (κ2) is 8.17. The van der Waals surface area contributed by atoms with Crippen LogP contribution in [0.2, 0.25) is 0 Å². The first-order valence-electron chi connectivity index (χ1n) is 9.30. The number of piperidine rings is 1. The summed E-state index contributed by atoms with van der Waals surface area (Å²) in [6.45, 7) is 5.72. The Morgan fingerprint density at radius 3 is 2.42 bits per heavy atom. The fourth-order valence-corrected chi connectivity index (χ4v) is 3.48. The van der Waals surface area contributed by atoms with Crippen molar-refractivity contribution in [3.8, 4) is 0 Å². The molecule has 1 aliphatic rings. The second-order valence-corrected chi connectivity index (χ2v) is 6.64. The molecule has 0 atom stereocenters. The van der Waals surface area contributed by atoms with Crippen LogP contribution in [0.15, 0.2) is 30.6 Å². The molecule has 6 nitrogen and oxygen atoms in total. The number of benzene rings is 1. The normalized spacial score (nSPS) is 15.1. The lowest BCUT2D eigenvalue weighted by atomic mass is 9.97. The van der Waals surface area contributed by atoms with Gasteiger partial charge in [0.1, 0.15) is 18.0 Å². The maximum Gasteiger partial charge on any atom is 0.306 e. The number of rotatable bonds is 6. The van der Waals surface area contributed by atoms with E-state index in [9.17, 15) is 4.79 Å². The maximum absolute atomic E-state index is 11.1. The predicted octanol–water partition coefficient (Wildman–Crippen LogP) is 3.65. The highest BCUT2D eigenvalue weighted by Gasteiger charge is 2.25. The van der Waals surface area contributed by atoms with Crippen LogP contribution in [0, 0.1) is 5.92 Å². The topological polar surface area (TPSA) is 78.4 Å². The molecule has 0 radical (unpaired) electrons. The van der Waals surface area contributed by atoms with Gasteiger partial charge >= 0.3 is 5.97 Å². The summed E-state index contributed by atoms with van der Waals surface area (Å²) >= 11 is 0. The van der Waals surface area contributed by atoms with Gasteiger partial charge in [0.2, 0.25) is 0 Å². The summed E-state index contributed by atoms with van der Waals surface area (Å²) < 4.78 is 0. The molecular formula is C20H26N4O2. The van der Waals surface area contributed by atoms with Crippen molar-refractivity contribution in [2.24, 2.45) is 5.92 Å². The number of nitrogens with zero attached hydrogens (tertiary/aromatic N) is 3. The molecule has 0 aliphatic carbocycles. The number of para-hydroxylation sites is 1. The van der Waals surface area contributed by atoms with Gasteiger partial charge in [-0.1, -0.05) is 32.0 Å². The van der Waals surface area contributed by atoms with Crippen LogP contribution < -0.4 is 10.2 Å². The van der Waals surface area contributed by atoms with Crippen LogP contribution in [0.1, 0.15) is 37.8 Å². The van der Waals surface area contributed by atoms with E-state index in [0.717, 1.165) is 30.2 Å². The fourth-order valence-electron chi connectivity index (χ4n) is 3.48. The van der Waals surface area contributed by atoms with Gasteiger partial charge in [0.05, 0.1) is 5.92 Å². The van der Waals surface area contributed by atoms with E-state index in [4.69, 9.17) is 5.11 Å². The minimum atomic E-state index is -0.696. The Hall–Kier alpha value is -2.63. The third-order valence-electron chi connectivity index (χ3n) is 5.07. The van der Waals surface area contributed by atoms with E-state index in [1.54, 1.807) is 6.33 Å². The highest BCUT2D eigenvalue weighted by Crippen LogP contribution is 2.28. The van der Waals surface area contributed by atoms with Gasteiger partial charge in [-0.25, -0.2) is 9.97 Å². The van der Waals surface area contributed by atoms with Crippen LogP contribution in [-0.2, 0) is 17.6 Å². The maximum atomic E-state index is 11.1. The average molecular weight is 354 g/mol. The molecule has 3 rings (SSSR count). The Kier molecular flexibility index (Phi) is 5.71. The Morgan fingerprint density at radius 2 is 1.85 bits per heavy atom. The summed E-state index contributed by atoms with van der Waals surface area (Å²) in [6, 6.07) is 8.33. The SMILES string of the molecule is CCc1cccc(CC)c1Nc1cc(N2CCC(C(=O)O)CC2)ncn1. The number of aliphatic carboxylic acids is 1. The summed E-state index contributed by atoms with van der Waals surface area (Å²) in [6.07, 6.45) is 4.79. The molecule has 1 aromatic heterocycles. The number of aryl methyl sites for hydroxylation is 2. The molecule has 6 heteroatoms. The Labute approximate surface area is 154 Å². The van der Waals surface area contributed by atoms with E-state index in [2.05, 4.69) is 52.2 Å². The lowest BCUT2D eigenvalue weighted by Crippen LogP contribution is -2.36. The van der Waals surface area contributed by atoms with Gasteiger partial charge in [0, 0.05) is 24.8 Å². The Balaban J connectivity index is 1.78. The summed E-state index contributed by atoms with van der Waals surface area (Å²) in [5.74, 6) is 0.677. The lowest BCUT2D eigenvalue weighted by molar-refractivity contribution is -0.142. The van der Waals surface area contributed by atoms with Crippen molar-refractivity contribution < 1.29 is 9.90 Å². The van der Waals surface area contributed by atoms with Gasteiger partial charge in [-0.3, -0.25) is 4.79 Å². The monoisotopic (exact) mass is 354 g/mol. The first kappa shape index (κ1) is 18.2. The van der Waals surface area contributed by atoms with E-state index in [0.29, 0.717) is 25.9 Å². The van der Waals surface area contributed by atoms with Crippen molar-refractivity contribution in [1.82, 2.24) is 9.97 Å². The number of aromatic nitrogens is 2. The third kappa shape index (κ3) is 3.95. The summed E-state index contributed by atoms with van der Waals surface area (Å²) in [7, 11) is 0. The van der Waals surface area contributed by atoms with E-state index in [1.807, 2.05) is 6.07 Å². The van der Waals surface area contributed by atoms with E-state index in [1.165, 1.54) is 11.1 Å². The van der Waals surface area contributed by atoms with Gasteiger partial charge in [-0.2, -0.15) is 0 Å². The van der Waals surface area contributed by atoms with Crippen molar-refractivity contribution >= 4 is 23.3 Å². The number of nitrogens with one attached hydrogen (secondary N) is 1. The zero-order chi connectivity index (χ0) is 18.5. The van der Waals surface area contributed by atoms with Gasteiger partial charge in [-0.05, 0) is 36.8 Å². The fraction of sp³-hybridized carbons (Fsp3) is 0.450. The Bertz CT molecular complexity index is 748. The number of hydrogen-bond acceptors (Lipinski definition) is 5. The molecule has 0 spiro atoms. The van der Waals surface area contributed by atoms with Crippen LogP contribution >= 0.6 is 0 Å². The van der Waals surface area contributed by atoms with Crippen LogP contribution in [0.25, 0.3) is 0 Å². The van der Waals surface area contributed by atoms with Crippen LogP contribution in [0.3, 0.4) is 0 Å². The average Bonchev–Trinajstić information content (AvgIpc) is 2.68. The predicted molar refractivity (Wildman–Crippen MR) is 103 cm³/mol. The summed E-state index contributed by atoms with van der Waals surface area (Å²) in [5.41, 5.74) is 3.67. The van der Waals surface area contributed by atoms with Crippen molar-refractivity contribution in [2.75, 3.05) is 23.3 Å². The molecular weight excluding hydrogens is 328 g/mol. The molecule has 1 fully saturated rings. The van der Waals surface area contributed by atoms with E-state index < -0.39 is 5.97 Å². The standard InChI is InChI=1S/C20H26N4O2/c1-3-14-6-5-7-15(4-2)19(14)23-17-12-18(22-13-21-17)24-10-8-16(9-11-24)20(25)26/h5-7,12-13,16H,3-4,8-11H2,1-2H3,(H,25,26)(H,21,22,23). The number of hydrogen-bond donors (Lipinski definition) is 2. The number of anilines is 3. The first-order valence-corrected chi connectivity index (χ1v) is 9.30. The van der Waals surface area contributed by atoms with E-state index in [-0.39, 0.29) is 5.92 Å². The molecule has 0 bridgehead atoms. The van der Waals surface area contributed by atoms with Crippen LogP contribution in [0.4, 0.5) is 17.3 Å². The highest BCUT2D eigenvalue weighted by atomic mass is 16.4. The van der Waals surface area contributed by atoms with Crippen molar-refractivity contribution in [1.29, 1.82) is 0 Å². The molecule has 0 unspecified atom stereocenters. The van der Waals surface area contributed by atoms with Gasteiger partial charge in [0.25, 0.3) is 0 Å². The molecule has 1 saturated heterocycles. The minimum absolute atomic E-state index is 0.241. The molecule has 0 saturated carbocycles. The van der Waals surface area contributed by atoms with Gasteiger partial charge in [0.15, 0.2) is 0 Å². The number of carboxylic acid groups (broad SMARTS) is 1. The van der Waals surface area contributed by atoms with Crippen LogP contribution in [0.5, 0.6) is 0 Å². The van der Waals surface area contributed by atoms with Gasteiger partial charge in [-0.15, -0.1) is 0 Å². The molecule has 26 heavy (non-hydrogen) atoms. The molecule has 2 aromatic rings. The van der Waals surface area contributed by atoms with Crippen molar-refractivity contribution in [2.45, 2.75) is 39.5 Å². The van der Waals surface area contributed by atoms with E-state index >= 15 is 0 Å². The molecule has 1 aliphatic heterocycles. The largest absolute Gasteiger partial charge is 0.481 e. The molecule has 2 N–H and O–H groups in total. The molecule has 0 amide bonds. The quantitative estimate of drug-likeness (QED) is 0.824. The Morgan fingerprint density at radius 1 is 1.19 bits per heavy atom. The zero-order valence-corrected chi connectivity index (χ0v) is 15.4. The second-order valence-electron chi connectivity index (χ2n) is 6.64. The molecule has 2 heterocycles. The third-order valence-corrected chi connectivity index (χ3v) is 5.07. The lowest BCUT2D eigenvalue weighted by Gasteiger charge is -2.31. The van der Waals surface area contributed by atoms with Crippen molar-refractivity contribution in [3.63, 3.8) is 0 Å². The van der Waals surface area contributed by atoms with Crippen LogP contribution in [-0.4, -0.2) is 34.1 Å².